The number of benzene rings is 1. The maximum Gasteiger partial charge on any atom is 0.257 e. The quantitative estimate of drug-likeness (QED) is 0.889. The Hall–Kier alpha value is -1.59. The Kier molecular flexibility index (Phi) is 4.36. The topological polar surface area (TPSA) is 54.0 Å². The van der Waals surface area contributed by atoms with Crippen LogP contribution in [0.4, 0.5) is 10.8 Å². The number of anilines is 2. The fraction of sp³-hybridized carbons (Fsp3) is 0.375. The lowest BCUT2D eigenvalue weighted by Gasteiger charge is -2.20. The largest absolute Gasteiger partial charge is 0.385 e. The Balaban J connectivity index is 0.00000144. The molecule has 0 spiro atoms. The summed E-state index contributed by atoms with van der Waals surface area (Å²) in [6.07, 6.45) is 4.49. The Labute approximate surface area is 139 Å². The lowest BCUT2D eigenvalue weighted by Crippen LogP contribution is -2.19. The van der Waals surface area contributed by atoms with E-state index in [9.17, 15) is 4.79 Å². The Morgan fingerprint density at radius 3 is 3.05 bits per heavy atom. The number of nitrogens with zero attached hydrogens (tertiary/aromatic N) is 1. The summed E-state index contributed by atoms with van der Waals surface area (Å²) in [4.78, 5) is 17.0. The van der Waals surface area contributed by atoms with E-state index in [1.165, 1.54) is 24.2 Å². The van der Waals surface area contributed by atoms with Crippen LogP contribution in [0, 0.1) is 0 Å². The first-order valence-electron chi connectivity index (χ1n) is 7.44. The summed E-state index contributed by atoms with van der Waals surface area (Å²) in [6.45, 7) is 0.981. The first-order chi connectivity index (χ1) is 10.3. The average Bonchev–Trinajstić information content (AvgIpc) is 3.27. The summed E-state index contributed by atoms with van der Waals surface area (Å²) >= 11 is 1.52. The molecule has 1 saturated carbocycles. The molecule has 1 fully saturated rings. The molecule has 1 aliphatic heterocycles. The molecule has 0 unspecified atom stereocenters. The van der Waals surface area contributed by atoms with Gasteiger partial charge >= 0.3 is 0 Å². The lowest BCUT2D eigenvalue weighted by molar-refractivity contribution is 0.102. The van der Waals surface area contributed by atoms with E-state index in [2.05, 4.69) is 21.0 Å². The first-order valence-corrected chi connectivity index (χ1v) is 8.32. The number of thiazole rings is 1. The zero-order valence-electron chi connectivity index (χ0n) is 12.1. The van der Waals surface area contributed by atoms with Gasteiger partial charge in [0.05, 0.1) is 5.69 Å². The Morgan fingerprint density at radius 1 is 1.36 bits per heavy atom. The average molecular weight is 336 g/mol. The molecule has 1 amide bonds. The van der Waals surface area contributed by atoms with Crippen molar-refractivity contribution in [2.45, 2.75) is 31.6 Å². The van der Waals surface area contributed by atoms with Gasteiger partial charge in [-0.15, -0.1) is 23.7 Å². The molecule has 0 bridgehead atoms. The van der Waals surface area contributed by atoms with E-state index in [1.807, 2.05) is 18.2 Å². The van der Waals surface area contributed by atoms with Crippen molar-refractivity contribution < 1.29 is 4.79 Å². The van der Waals surface area contributed by atoms with Gasteiger partial charge < -0.3 is 5.32 Å². The molecule has 2 aromatic rings. The fourth-order valence-electron chi connectivity index (χ4n) is 2.80. The highest BCUT2D eigenvalue weighted by Gasteiger charge is 2.26. The van der Waals surface area contributed by atoms with Gasteiger partial charge in [0.15, 0.2) is 5.13 Å². The molecule has 0 saturated heterocycles. The lowest BCUT2D eigenvalue weighted by atomic mass is 9.97. The third-order valence-electron chi connectivity index (χ3n) is 4.08. The minimum atomic E-state index is -0.0488. The van der Waals surface area contributed by atoms with Crippen molar-refractivity contribution in [3.8, 4) is 0 Å². The first kappa shape index (κ1) is 15.3. The summed E-state index contributed by atoms with van der Waals surface area (Å²) < 4.78 is 0. The molecule has 2 aliphatic rings. The van der Waals surface area contributed by atoms with Crippen LogP contribution in [0.25, 0.3) is 0 Å². The van der Waals surface area contributed by atoms with E-state index in [0.29, 0.717) is 11.0 Å². The number of hydrogen-bond donors (Lipinski definition) is 2. The molecule has 6 heteroatoms. The van der Waals surface area contributed by atoms with E-state index in [-0.39, 0.29) is 18.3 Å². The van der Waals surface area contributed by atoms with Gasteiger partial charge in [0.2, 0.25) is 0 Å². The Morgan fingerprint density at radius 2 is 2.23 bits per heavy atom. The highest BCUT2D eigenvalue weighted by molar-refractivity contribution is 7.14. The van der Waals surface area contributed by atoms with Crippen LogP contribution in [0.15, 0.2) is 23.6 Å². The minimum Gasteiger partial charge on any atom is -0.385 e. The van der Waals surface area contributed by atoms with Crippen LogP contribution in [0.1, 0.15) is 46.8 Å². The maximum atomic E-state index is 12.5. The maximum absolute atomic E-state index is 12.5. The summed E-state index contributed by atoms with van der Waals surface area (Å²) in [7, 11) is 0. The van der Waals surface area contributed by atoms with Gasteiger partial charge in [-0.1, -0.05) is 6.07 Å². The predicted octanol–water partition coefficient (Wildman–Crippen LogP) is 4.05. The van der Waals surface area contributed by atoms with E-state index >= 15 is 0 Å². The molecule has 4 nitrogen and oxygen atoms in total. The van der Waals surface area contributed by atoms with Crippen molar-refractivity contribution in [2.24, 2.45) is 0 Å². The molecule has 0 radical (unpaired) electrons. The number of rotatable bonds is 3. The van der Waals surface area contributed by atoms with E-state index in [0.717, 1.165) is 41.9 Å². The second-order valence-electron chi connectivity index (χ2n) is 5.67. The highest BCUT2D eigenvalue weighted by atomic mass is 35.5. The summed E-state index contributed by atoms with van der Waals surface area (Å²) in [5, 5.41) is 9.08. The zero-order chi connectivity index (χ0) is 14.2. The SMILES string of the molecule is Cl.O=C(Nc1nc(C2CC2)cs1)c1cccc2c1CCCN2. The highest BCUT2D eigenvalue weighted by Crippen LogP contribution is 2.41. The second kappa shape index (κ2) is 6.26. The smallest absolute Gasteiger partial charge is 0.257 e. The van der Waals surface area contributed by atoms with E-state index in [4.69, 9.17) is 0 Å². The van der Waals surface area contributed by atoms with Gasteiger partial charge in [0, 0.05) is 29.1 Å². The zero-order valence-corrected chi connectivity index (χ0v) is 13.7. The summed E-state index contributed by atoms with van der Waals surface area (Å²) in [6, 6.07) is 5.87. The number of hydrogen-bond acceptors (Lipinski definition) is 4. The second-order valence-corrected chi connectivity index (χ2v) is 6.53. The molecule has 2 heterocycles. The van der Waals surface area contributed by atoms with E-state index < -0.39 is 0 Å². The van der Waals surface area contributed by atoms with Gasteiger partial charge in [-0.2, -0.15) is 0 Å². The monoisotopic (exact) mass is 335 g/mol. The molecule has 1 aromatic heterocycles. The molecule has 4 rings (SSSR count). The van der Waals surface area contributed by atoms with Crippen molar-refractivity contribution in [3.05, 3.63) is 40.4 Å². The van der Waals surface area contributed by atoms with Gasteiger partial charge in [-0.3, -0.25) is 10.1 Å². The number of carbonyl (C=O) groups excluding carboxylic acids is 1. The van der Waals surface area contributed by atoms with Crippen LogP contribution in [0.3, 0.4) is 0 Å². The number of amides is 1. The normalized spacial score (nSPS) is 16.2. The van der Waals surface area contributed by atoms with Crippen molar-refractivity contribution in [1.29, 1.82) is 0 Å². The van der Waals surface area contributed by atoms with Crippen molar-refractivity contribution >= 4 is 40.5 Å². The third kappa shape index (κ3) is 2.96. The van der Waals surface area contributed by atoms with Gasteiger partial charge in [-0.05, 0) is 43.4 Å². The van der Waals surface area contributed by atoms with Crippen LogP contribution in [0.2, 0.25) is 0 Å². The number of aromatic nitrogens is 1. The summed E-state index contributed by atoms with van der Waals surface area (Å²) in [5.41, 5.74) is 4.11. The number of halogens is 1. The fourth-order valence-corrected chi connectivity index (χ4v) is 3.58. The number of carbonyl (C=O) groups is 1. The van der Waals surface area contributed by atoms with Crippen LogP contribution < -0.4 is 10.6 Å². The molecule has 1 aromatic carbocycles. The van der Waals surface area contributed by atoms with Crippen LogP contribution in [-0.2, 0) is 6.42 Å². The minimum absolute atomic E-state index is 0. The standard InChI is InChI=1S/C16H17N3OS.ClH/c20-15(19-16-18-14(9-21-16)10-6-7-10)12-3-1-5-13-11(12)4-2-8-17-13;/h1,3,5,9-10,17H,2,4,6-8H2,(H,18,19,20);1H. The third-order valence-corrected chi connectivity index (χ3v) is 4.85. The van der Waals surface area contributed by atoms with E-state index in [1.54, 1.807) is 0 Å². The molecule has 1 aliphatic carbocycles. The molecule has 116 valence electrons. The van der Waals surface area contributed by atoms with Crippen molar-refractivity contribution in [3.63, 3.8) is 0 Å². The van der Waals surface area contributed by atoms with Gasteiger partial charge in [0.25, 0.3) is 5.91 Å². The van der Waals surface area contributed by atoms with Gasteiger partial charge in [-0.25, -0.2) is 4.98 Å². The molecular weight excluding hydrogens is 318 g/mol. The van der Waals surface area contributed by atoms with Gasteiger partial charge in [0.1, 0.15) is 0 Å². The number of nitrogens with one attached hydrogen (secondary N) is 2. The number of fused-ring (bicyclic) bond motifs is 1. The van der Waals surface area contributed by atoms with Crippen molar-refractivity contribution in [1.82, 2.24) is 4.98 Å². The van der Waals surface area contributed by atoms with Crippen LogP contribution >= 0.6 is 23.7 Å². The molecule has 22 heavy (non-hydrogen) atoms. The summed E-state index contributed by atoms with van der Waals surface area (Å²) in [5.74, 6) is 0.577. The van der Waals surface area contributed by atoms with Crippen LogP contribution in [-0.4, -0.2) is 17.4 Å². The molecule has 0 atom stereocenters. The molecule has 2 N–H and O–H groups in total. The Bertz CT molecular complexity index is 696. The molecular formula is C16H18ClN3OS. The predicted molar refractivity (Wildman–Crippen MR) is 92.5 cm³/mol. The van der Waals surface area contributed by atoms with Crippen LogP contribution in [0.5, 0.6) is 0 Å². The van der Waals surface area contributed by atoms with Crippen molar-refractivity contribution in [2.75, 3.05) is 17.2 Å².